The summed E-state index contributed by atoms with van der Waals surface area (Å²) in [5, 5.41) is 1.26. The van der Waals surface area contributed by atoms with Crippen molar-refractivity contribution in [1.29, 1.82) is 0 Å². The van der Waals surface area contributed by atoms with E-state index in [4.69, 9.17) is 4.42 Å². The maximum atomic E-state index is 11.4. The van der Waals surface area contributed by atoms with Gasteiger partial charge in [0, 0.05) is 5.39 Å². The highest BCUT2D eigenvalue weighted by Crippen LogP contribution is 2.21. The van der Waals surface area contributed by atoms with Crippen LogP contribution >= 0.6 is 0 Å². The Labute approximate surface area is 82.4 Å². The van der Waals surface area contributed by atoms with Gasteiger partial charge in [0.1, 0.15) is 0 Å². The molecule has 0 saturated carbocycles. The third-order valence-corrected chi connectivity index (χ3v) is 2.33. The van der Waals surface area contributed by atoms with Gasteiger partial charge in [-0.1, -0.05) is 6.07 Å². The first-order valence-electron chi connectivity index (χ1n) is 4.38. The topological polar surface area (TPSA) is 78.9 Å². The zero-order valence-corrected chi connectivity index (χ0v) is 7.53. The second-order valence-electron chi connectivity index (χ2n) is 3.24. The average molecular weight is 202 g/mol. The molecule has 3 aromatic rings. The summed E-state index contributed by atoms with van der Waals surface area (Å²) in [5.41, 5.74) is 0.0189. The van der Waals surface area contributed by atoms with E-state index in [2.05, 4.69) is 9.97 Å². The molecule has 0 atom stereocenters. The molecule has 2 heterocycles. The third-order valence-electron chi connectivity index (χ3n) is 2.33. The van der Waals surface area contributed by atoms with Gasteiger partial charge in [-0.05, 0) is 12.1 Å². The lowest BCUT2D eigenvalue weighted by Gasteiger charge is -1.96. The fraction of sp³-hybridized carbons (Fsp3) is 0. The van der Waals surface area contributed by atoms with Gasteiger partial charge < -0.3 is 9.40 Å². The van der Waals surface area contributed by atoms with Crippen LogP contribution in [0.4, 0.5) is 0 Å². The van der Waals surface area contributed by atoms with Crippen LogP contribution in [0.5, 0.6) is 0 Å². The van der Waals surface area contributed by atoms with Crippen LogP contribution in [0.3, 0.4) is 0 Å². The Kier molecular flexibility index (Phi) is 1.39. The number of aromatic amines is 2. The summed E-state index contributed by atoms with van der Waals surface area (Å²) >= 11 is 0. The molecule has 0 unspecified atom stereocenters. The minimum atomic E-state index is -0.531. The van der Waals surface area contributed by atoms with Crippen LogP contribution in [0.2, 0.25) is 0 Å². The Bertz CT molecular complexity index is 763. The summed E-state index contributed by atoms with van der Waals surface area (Å²) in [7, 11) is 0. The van der Waals surface area contributed by atoms with E-state index in [9.17, 15) is 9.59 Å². The number of aromatic nitrogens is 2. The number of nitrogens with one attached hydrogen (secondary N) is 2. The van der Waals surface area contributed by atoms with E-state index in [0.29, 0.717) is 16.5 Å². The van der Waals surface area contributed by atoms with Crippen molar-refractivity contribution in [2.24, 2.45) is 0 Å². The molecule has 0 fully saturated rings. The normalized spacial score (nSPS) is 11.2. The molecule has 0 aliphatic rings. The van der Waals surface area contributed by atoms with Gasteiger partial charge in [-0.25, -0.2) is 4.79 Å². The molecular weight excluding hydrogens is 196 g/mol. The Balaban J connectivity index is 2.74. The largest absolute Gasteiger partial charge is 0.462 e. The van der Waals surface area contributed by atoms with Crippen molar-refractivity contribution in [1.82, 2.24) is 9.97 Å². The first kappa shape index (κ1) is 8.05. The molecule has 0 aliphatic carbocycles. The van der Waals surface area contributed by atoms with Crippen LogP contribution in [0, 0.1) is 0 Å². The van der Waals surface area contributed by atoms with Gasteiger partial charge in [0.15, 0.2) is 5.58 Å². The molecule has 0 aliphatic heterocycles. The summed E-state index contributed by atoms with van der Waals surface area (Å²) < 4.78 is 5.22. The van der Waals surface area contributed by atoms with Crippen LogP contribution in [-0.2, 0) is 0 Å². The minimum absolute atomic E-state index is 0.410. The van der Waals surface area contributed by atoms with E-state index < -0.39 is 11.2 Å². The summed E-state index contributed by atoms with van der Waals surface area (Å²) in [6, 6.07) is 5.20. The first-order valence-corrected chi connectivity index (χ1v) is 4.38. The van der Waals surface area contributed by atoms with Gasteiger partial charge >= 0.3 is 5.69 Å². The maximum Gasteiger partial charge on any atom is 0.326 e. The highest BCUT2D eigenvalue weighted by Gasteiger charge is 2.06. The zero-order valence-electron chi connectivity index (χ0n) is 7.53. The van der Waals surface area contributed by atoms with Crippen LogP contribution in [0.15, 0.2) is 38.5 Å². The molecule has 0 bridgehead atoms. The average Bonchev–Trinajstić information content (AvgIpc) is 2.65. The SMILES string of the molecule is O=c1[nH]c(=O)c2ccc3ccoc3c2[nH]1. The van der Waals surface area contributed by atoms with Crippen molar-refractivity contribution in [3.63, 3.8) is 0 Å². The van der Waals surface area contributed by atoms with Crippen molar-refractivity contribution in [3.8, 4) is 0 Å². The summed E-state index contributed by atoms with van der Waals surface area (Å²) in [5.74, 6) is 0. The molecular formula is C10H6N2O3. The number of furan rings is 1. The van der Waals surface area contributed by atoms with Gasteiger partial charge in [-0.2, -0.15) is 0 Å². The van der Waals surface area contributed by atoms with Crippen molar-refractivity contribution < 1.29 is 4.42 Å². The molecule has 3 rings (SSSR count). The summed E-state index contributed by atoms with van der Waals surface area (Å²) in [6.07, 6.45) is 1.52. The quantitative estimate of drug-likeness (QED) is 0.569. The van der Waals surface area contributed by atoms with Crippen LogP contribution in [0.1, 0.15) is 0 Å². The summed E-state index contributed by atoms with van der Waals surface area (Å²) in [6.45, 7) is 0. The van der Waals surface area contributed by atoms with E-state index in [1.54, 1.807) is 18.2 Å². The lowest BCUT2D eigenvalue weighted by Crippen LogP contribution is -2.21. The fourth-order valence-corrected chi connectivity index (χ4v) is 1.66. The smallest absolute Gasteiger partial charge is 0.326 e. The van der Waals surface area contributed by atoms with Crippen molar-refractivity contribution in [2.75, 3.05) is 0 Å². The molecule has 0 saturated heterocycles. The fourth-order valence-electron chi connectivity index (χ4n) is 1.66. The van der Waals surface area contributed by atoms with Crippen LogP contribution < -0.4 is 11.2 Å². The van der Waals surface area contributed by atoms with Gasteiger partial charge in [-0.3, -0.25) is 9.78 Å². The van der Waals surface area contributed by atoms with E-state index in [1.807, 2.05) is 0 Å². The molecule has 74 valence electrons. The molecule has 15 heavy (non-hydrogen) atoms. The molecule has 5 heteroatoms. The Morgan fingerprint density at radius 2 is 1.93 bits per heavy atom. The number of hydrogen-bond donors (Lipinski definition) is 2. The number of rotatable bonds is 0. The van der Waals surface area contributed by atoms with Crippen molar-refractivity contribution in [3.05, 3.63) is 45.3 Å². The van der Waals surface area contributed by atoms with Crippen LogP contribution in [-0.4, -0.2) is 9.97 Å². The molecule has 0 radical (unpaired) electrons. The Morgan fingerprint density at radius 3 is 2.80 bits per heavy atom. The first-order chi connectivity index (χ1) is 7.25. The number of fused-ring (bicyclic) bond motifs is 3. The van der Waals surface area contributed by atoms with Gasteiger partial charge in [0.25, 0.3) is 5.56 Å². The van der Waals surface area contributed by atoms with Crippen molar-refractivity contribution in [2.45, 2.75) is 0 Å². The van der Waals surface area contributed by atoms with Gasteiger partial charge in [0.05, 0.1) is 17.2 Å². The minimum Gasteiger partial charge on any atom is -0.462 e. The molecule has 0 spiro atoms. The highest BCUT2D eigenvalue weighted by molar-refractivity contribution is 6.01. The number of benzene rings is 1. The molecule has 0 amide bonds. The number of hydrogen-bond acceptors (Lipinski definition) is 3. The van der Waals surface area contributed by atoms with Crippen molar-refractivity contribution >= 4 is 21.9 Å². The lowest BCUT2D eigenvalue weighted by atomic mass is 10.2. The van der Waals surface area contributed by atoms with E-state index in [0.717, 1.165) is 5.39 Å². The second-order valence-corrected chi connectivity index (χ2v) is 3.24. The Hall–Kier alpha value is -2.30. The van der Waals surface area contributed by atoms with E-state index >= 15 is 0 Å². The van der Waals surface area contributed by atoms with Crippen LogP contribution in [0.25, 0.3) is 21.9 Å². The zero-order chi connectivity index (χ0) is 10.4. The maximum absolute atomic E-state index is 11.4. The van der Waals surface area contributed by atoms with E-state index in [1.165, 1.54) is 6.26 Å². The molecule has 2 N–H and O–H groups in total. The predicted molar refractivity (Wildman–Crippen MR) is 55.0 cm³/mol. The molecule has 5 nitrogen and oxygen atoms in total. The monoisotopic (exact) mass is 202 g/mol. The number of H-pyrrole nitrogens is 2. The highest BCUT2D eigenvalue weighted by atomic mass is 16.3. The standard InChI is InChI=1S/C10H6N2O3/c13-9-6-2-1-5-3-4-15-8(5)7(6)11-10(14)12-9/h1-4H,(H2,11,12,13,14). The lowest BCUT2D eigenvalue weighted by molar-refractivity contribution is 0.618. The van der Waals surface area contributed by atoms with E-state index in [-0.39, 0.29) is 0 Å². The second kappa shape index (κ2) is 2.60. The summed E-state index contributed by atoms with van der Waals surface area (Å²) in [4.78, 5) is 27.3. The van der Waals surface area contributed by atoms with Gasteiger partial charge in [-0.15, -0.1) is 0 Å². The molecule has 2 aromatic heterocycles. The predicted octanol–water partition coefficient (Wildman–Crippen LogP) is 0.963. The molecule has 1 aromatic carbocycles. The van der Waals surface area contributed by atoms with Gasteiger partial charge in [0.2, 0.25) is 0 Å². The Morgan fingerprint density at radius 1 is 1.07 bits per heavy atom. The third kappa shape index (κ3) is 1.03.